The molecule has 6 nitrogen and oxygen atoms in total. The summed E-state index contributed by atoms with van der Waals surface area (Å²) < 4.78 is 5.10. The predicted molar refractivity (Wildman–Crippen MR) is 78.9 cm³/mol. The summed E-state index contributed by atoms with van der Waals surface area (Å²) in [5, 5.41) is 0. The minimum absolute atomic E-state index is 0.121. The van der Waals surface area contributed by atoms with Gasteiger partial charge in [-0.2, -0.15) is 0 Å². The predicted octanol–water partition coefficient (Wildman–Crippen LogP) is 0.114. The van der Waals surface area contributed by atoms with Crippen molar-refractivity contribution in [2.75, 3.05) is 47.4 Å². The van der Waals surface area contributed by atoms with Crippen LogP contribution < -0.4 is 11.3 Å². The molecule has 0 aromatic heterocycles. The number of likely N-dealkylation sites (tertiary alicyclic amines) is 1. The van der Waals surface area contributed by atoms with E-state index in [1.165, 1.54) is 12.8 Å². The number of hydrogen-bond donors (Lipinski definition) is 2. The summed E-state index contributed by atoms with van der Waals surface area (Å²) in [6, 6.07) is 0.121. The maximum atomic E-state index is 5.59. The fourth-order valence-electron chi connectivity index (χ4n) is 2.54. The number of hydrazine groups is 1. The molecule has 1 aliphatic heterocycles. The number of aliphatic imine (C=N–C) groups is 1. The lowest BCUT2D eigenvalue weighted by molar-refractivity contribution is 0.183. The van der Waals surface area contributed by atoms with Gasteiger partial charge in [0, 0.05) is 26.7 Å². The Morgan fingerprint density at radius 1 is 1.47 bits per heavy atom. The van der Waals surface area contributed by atoms with Crippen LogP contribution in [0.4, 0.5) is 0 Å². The molecule has 1 unspecified atom stereocenters. The summed E-state index contributed by atoms with van der Waals surface area (Å²) in [6.45, 7) is 5.83. The van der Waals surface area contributed by atoms with Crippen molar-refractivity contribution in [3.63, 3.8) is 0 Å². The molecule has 0 radical (unpaired) electrons. The van der Waals surface area contributed by atoms with Crippen molar-refractivity contribution in [2.24, 2.45) is 16.8 Å². The second-order valence-electron chi connectivity index (χ2n) is 5.59. The highest BCUT2D eigenvalue weighted by atomic mass is 16.5. The van der Waals surface area contributed by atoms with Crippen molar-refractivity contribution in [1.29, 1.82) is 0 Å². The van der Waals surface area contributed by atoms with Crippen LogP contribution in [0.25, 0.3) is 0 Å². The van der Waals surface area contributed by atoms with Gasteiger partial charge in [0.05, 0.1) is 12.6 Å². The van der Waals surface area contributed by atoms with Crippen LogP contribution in [-0.2, 0) is 4.74 Å². The van der Waals surface area contributed by atoms with Gasteiger partial charge in [0.15, 0.2) is 0 Å². The highest BCUT2D eigenvalue weighted by Crippen LogP contribution is 2.17. The molecule has 3 N–H and O–H groups in total. The molecule has 0 spiro atoms. The fraction of sp³-hybridized carbons (Fsp3) is 0.923. The molecule has 1 heterocycles. The molecule has 19 heavy (non-hydrogen) atoms. The van der Waals surface area contributed by atoms with Crippen LogP contribution >= 0.6 is 0 Å². The van der Waals surface area contributed by atoms with E-state index in [-0.39, 0.29) is 6.04 Å². The number of rotatable bonds is 5. The van der Waals surface area contributed by atoms with Crippen LogP contribution in [0.3, 0.4) is 0 Å². The average Bonchev–Trinajstić information content (AvgIpc) is 2.37. The Labute approximate surface area is 117 Å². The van der Waals surface area contributed by atoms with Crippen LogP contribution in [0.5, 0.6) is 0 Å². The van der Waals surface area contributed by atoms with E-state index >= 15 is 0 Å². The number of nitrogens with zero attached hydrogens (tertiary/aromatic N) is 3. The summed E-state index contributed by atoms with van der Waals surface area (Å²) in [7, 11) is 5.95. The van der Waals surface area contributed by atoms with Gasteiger partial charge in [-0.3, -0.25) is 5.43 Å². The van der Waals surface area contributed by atoms with Crippen molar-refractivity contribution in [2.45, 2.75) is 25.8 Å². The largest absolute Gasteiger partial charge is 0.382 e. The molecule has 0 aromatic rings. The summed E-state index contributed by atoms with van der Waals surface area (Å²) in [5.74, 6) is 7.16. The van der Waals surface area contributed by atoms with Gasteiger partial charge in [-0.1, -0.05) is 0 Å². The Morgan fingerprint density at radius 2 is 2.11 bits per heavy atom. The molecule has 0 aromatic carbocycles. The van der Waals surface area contributed by atoms with E-state index in [4.69, 9.17) is 10.6 Å². The number of hydrogen-bond acceptors (Lipinski definition) is 4. The number of methoxy groups -OCH3 is 1. The van der Waals surface area contributed by atoms with E-state index in [0.29, 0.717) is 6.61 Å². The van der Waals surface area contributed by atoms with Gasteiger partial charge in [-0.05, 0) is 39.8 Å². The molecule has 0 aliphatic carbocycles. The van der Waals surface area contributed by atoms with E-state index in [1.807, 2.05) is 6.92 Å². The third-order valence-corrected chi connectivity index (χ3v) is 3.42. The lowest BCUT2D eigenvalue weighted by Crippen LogP contribution is -2.49. The molecule has 1 saturated heterocycles. The van der Waals surface area contributed by atoms with Gasteiger partial charge in [0.2, 0.25) is 5.96 Å². The normalized spacial score (nSPS) is 19.9. The zero-order valence-electron chi connectivity index (χ0n) is 12.7. The summed E-state index contributed by atoms with van der Waals surface area (Å²) in [5.41, 5.74) is 2.73. The molecule has 0 bridgehead atoms. The number of guanidine groups is 1. The smallest absolute Gasteiger partial charge is 0.208 e. The first-order chi connectivity index (χ1) is 9.06. The van der Waals surface area contributed by atoms with E-state index in [1.54, 1.807) is 7.11 Å². The summed E-state index contributed by atoms with van der Waals surface area (Å²) in [4.78, 5) is 9.06. The Hall–Kier alpha value is -0.850. The molecule has 0 saturated carbocycles. The van der Waals surface area contributed by atoms with E-state index in [9.17, 15) is 0 Å². The standard InChI is InChI=1S/C13H29N5O/c1-11(10-19-4)15-13(16-14)18-7-5-12(6-8-18)9-17(2)3/h11-12H,5-10,14H2,1-4H3,(H,15,16). The van der Waals surface area contributed by atoms with Crippen LogP contribution in [0.1, 0.15) is 19.8 Å². The molecule has 1 aliphatic rings. The van der Waals surface area contributed by atoms with Crippen LogP contribution in [0.15, 0.2) is 4.99 Å². The van der Waals surface area contributed by atoms with Gasteiger partial charge >= 0.3 is 0 Å². The third kappa shape index (κ3) is 5.76. The lowest BCUT2D eigenvalue weighted by Gasteiger charge is -2.35. The Balaban J connectivity index is 2.47. The Morgan fingerprint density at radius 3 is 2.58 bits per heavy atom. The van der Waals surface area contributed by atoms with Crippen molar-refractivity contribution in [1.82, 2.24) is 15.2 Å². The van der Waals surface area contributed by atoms with Crippen molar-refractivity contribution in [3.8, 4) is 0 Å². The van der Waals surface area contributed by atoms with Gasteiger partial charge < -0.3 is 14.5 Å². The van der Waals surface area contributed by atoms with Crippen LogP contribution in [0, 0.1) is 5.92 Å². The minimum atomic E-state index is 0.121. The highest BCUT2D eigenvalue weighted by molar-refractivity contribution is 5.79. The molecular weight excluding hydrogens is 242 g/mol. The van der Waals surface area contributed by atoms with Crippen LogP contribution in [0.2, 0.25) is 0 Å². The SMILES string of the molecule is COCC(C)N=C(NN)N1CCC(CN(C)C)CC1. The molecule has 0 amide bonds. The first kappa shape index (κ1) is 16.2. The Bertz CT molecular complexity index is 274. The second kappa shape index (κ2) is 8.35. The quantitative estimate of drug-likeness (QED) is 0.322. The lowest BCUT2D eigenvalue weighted by atomic mass is 9.96. The van der Waals surface area contributed by atoms with Gasteiger partial charge in [0.25, 0.3) is 0 Å². The highest BCUT2D eigenvalue weighted by Gasteiger charge is 2.22. The second-order valence-corrected chi connectivity index (χ2v) is 5.59. The molecule has 1 fully saturated rings. The monoisotopic (exact) mass is 271 g/mol. The minimum Gasteiger partial charge on any atom is -0.382 e. The number of piperidine rings is 1. The van der Waals surface area contributed by atoms with Crippen molar-refractivity contribution in [3.05, 3.63) is 0 Å². The molecule has 112 valence electrons. The van der Waals surface area contributed by atoms with E-state index in [2.05, 4.69) is 34.3 Å². The maximum absolute atomic E-state index is 5.59. The summed E-state index contributed by atoms with van der Waals surface area (Å²) in [6.07, 6.45) is 2.38. The maximum Gasteiger partial charge on any atom is 0.208 e. The van der Waals surface area contributed by atoms with Gasteiger partial charge in [-0.25, -0.2) is 10.8 Å². The van der Waals surface area contributed by atoms with Crippen molar-refractivity contribution >= 4 is 5.96 Å². The first-order valence-electron chi connectivity index (χ1n) is 6.99. The van der Waals surface area contributed by atoms with Crippen LogP contribution in [-0.4, -0.2) is 69.2 Å². The molecule has 6 heteroatoms. The molecular formula is C13H29N5O. The van der Waals surface area contributed by atoms with Gasteiger partial charge in [-0.15, -0.1) is 0 Å². The number of ether oxygens (including phenoxy) is 1. The number of nitrogens with two attached hydrogens (primary N) is 1. The third-order valence-electron chi connectivity index (χ3n) is 3.42. The zero-order valence-corrected chi connectivity index (χ0v) is 12.7. The van der Waals surface area contributed by atoms with E-state index < -0.39 is 0 Å². The zero-order chi connectivity index (χ0) is 14.3. The molecule has 1 atom stereocenters. The van der Waals surface area contributed by atoms with Crippen molar-refractivity contribution < 1.29 is 4.74 Å². The Kier molecular flexibility index (Phi) is 7.12. The van der Waals surface area contributed by atoms with Gasteiger partial charge in [0.1, 0.15) is 0 Å². The molecule has 1 rings (SSSR count). The van der Waals surface area contributed by atoms with E-state index in [0.717, 1.165) is 31.5 Å². The summed E-state index contributed by atoms with van der Waals surface area (Å²) >= 11 is 0. The first-order valence-corrected chi connectivity index (χ1v) is 6.99. The number of nitrogens with one attached hydrogen (secondary N) is 1. The average molecular weight is 271 g/mol. The fourth-order valence-corrected chi connectivity index (χ4v) is 2.54. The topological polar surface area (TPSA) is 66.1 Å².